The van der Waals surface area contributed by atoms with Crippen LogP contribution in [0, 0.1) is 17.8 Å². The number of aromatic nitrogens is 4. The number of carboxylic acids is 1. The van der Waals surface area contributed by atoms with Crippen molar-refractivity contribution in [2.75, 3.05) is 0 Å². The molecule has 2 aromatic heterocycles. The van der Waals surface area contributed by atoms with Crippen LogP contribution in [-0.2, 0) is 4.79 Å². The second-order valence-electron chi connectivity index (χ2n) is 9.57. The summed E-state index contributed by atoms with van der Waals surface area (Å²) < 4.78 is 1.80. The zero-order valence-electron chi connectivity index (χ0n) is 20.0. The number of carbonyl (C=O) groups is 2. The number of rotatable bonds is 6. The Balaban J connectivity index is 1.46. The molecule has 0 aliphatic heterocycles. The summed E-state index contributed by atoms with van der Waals surface area (Å²) in [7, 11) is 0. The molecule has 8 nitrogen and oxygen atoms in total. The molecule has 2 N–H and O–H groups in total. The number of nitrogens with zero attached hydrogens (tertiary/aromatic N) is 4. The van der Waals surface area contributed by atoms with Gasteiger partial charge in [-0.05, 0) is 76.0 Å². The number of carbonyl (C=O) groups excluding carboxylic acids is 1. The van der Waals surface area contributed by atoms with Gasteiger partial charge in [0.25, 0.3) is 5.91 Å². The van der Waals surface area contributed by atoms with Crippen LogP contribution >= 0.6 is 0 Å². The second kappa shape index (κ2) is 9.49. The smallest absolute Gasteiger partial charge is 0.306 e. The molecule has 2 aliphatic rings. The lowest BCUT2D eigenvalue weighted by Crippen LogP contribution is -2.39. The van der Waals surface area contributed by atoms with Crippen LogP contribution in [0.2, 0.25) is 0 Å². The molecule has 1 atom stereocenters. The van der Waals surface area contributed by atoms with Crippen molar-refractivity contribution in [1.29, 1.82) is 0 Å². The van der Waals surface area contributed by atoms with Gasteiger partial charge in [0.05, 0.1) is 23.2 Å². The molecule has 5 rings (SSSR count). The van der Waals surface area contributed by atoms with Gasteiger partial charge >= 0.3 is 5.97 Å². The molecule has 180 valence electrons. The van der Waals surface area contributed by atoms with Crippen LogP contribution in [0.15, 0.2) is 30.7 Å². The first-order valence-corrected chi connectivity index (χ1v) is 12.2. The molecule has 35 heavy (non-hydrogen) atoms. The number of amides is 1. The topological polar surface area (TPSA) is 110 Å². The third-order valence-corrected chi connectivity index (χ3v) is 7.15. The first-order valence-electron chi connectivity index (χ1n) is 12.2. The van der Waals surface area contributed by atoms with Gasteiger partial charge in [0.15, 0.2) is 5.82 Å². The number of hydrogen-bond acceptors (Lipinski definition) is 5. The highest BCUT2D eigenvalue weighted by Crippen LogP contribution is 2.39. The van der Waals surface area contributed by atoms with Crippen molar-refractivity contribution in [3.8, 4) is 11.8 Å². The Morgan fingerprint density at radius 1 is 1.09 bits per heavy atom. The van der Waals surface area contributed by atoms with E-state index in [0.717, 1.165) is 10.9 Å². The van der Waals surface area contributed by atoms with Gasteiger partial charge in [0.2, 0.25) is 0 Å². The Hall–Kier alpha value is -3.73. The summed E-state index contributed by atoms with van der Waals surface area (Å²) in [6, 6.07) is 3.33. The van der Waals surface area contributed by atoms with E-state index >= 15 is 0 Å². The van der Waals surface area contributed by atoms with E-state index in [9.17, 15) is 14.7 Å². The van der Waals surface area contributed by atoms with Crippen LogP contribution in [-0.4, -0.2) is 42.8 Å². The average molecular weight is 472 g/mol. The molecule has 2 fully saturated rings. The molecule has 8 heteroatoms. The Morgan fingerprint density at radius 3 is 2.43 bits per heavy atom. The lowest BCUT2D eigenvalue weighted by atomic mass is 9.86. The number of hydrogen-bond donors (Lipinski definition) is 2. The first kappa shape index (κ1) is 23.0. The minimum Gasteiger partial charge on any atom is -0.481 e. The summed E-state index contributed by atoms with van der Waals surface area (Å²) >= 11 is 0. The van der Waals surface area contributed by atoms with Gasteiger partial charge in [-0.2, -0.15) is 5.10 Å². The predicted molar refractivity (Wildman–Crippen MR) is 131 cm³/mol. The third kappa shape index (κ3) is 4.63. The van der Waals surface area contributed by atoms with Crippen LogP contribution in [0.3, 0.4) is 0 Å². The van der Waals surface area contributed by atoms with Crippen molar-refractivity contribution in [1.82, 2.24) is 25.1 Å². The summed E-state index contributed by atoms with van der Waals surface area (Å²) in [5, 5.41) is 17.8. The maximum Gasteiger partial charge on any atom is 0.306 e. The van der Waals surface area contributed by atoms with Crippen LogP contribution < -0.4 is 5.32 Å². The van der Waals surface area contributed by atoms with Gasteiger partial charge in [0, 0.05) is 29.4 Å². The van der Waals surface area contributed by atoms with E-state index in [1.807, 2.05) is 25.4 Å². The van der Waals surface area contributed by atoms with E-state index in [1.54, 1.807) is 23.9 Å². The maximum atomic E-state index is 13.4. The summed E-state index contributed by atoms with van der Waals surface area (Å²) in [6.07, 6.45) is 10.4. The molecule has 2 saturated carbocycles. The van der Waals surface area contributed by atoms with Crippen molar-refractivity contribution < 1.29 is 14.7 Å². The molecule has 0 spiro atoms. The molecule has 0 unspecified atom stereocenters. The fraction of sp³-hybridized carbons (Fsp3) is 0.444. The number of carboxylic acid groups (broad SMARTS) is 1. The van der Waals surface area contributed by atoms with E-state index < -0.39 is 5.97 Å². The third-order valence-electron chi connectivity index (χ3n) is 7.15. The van der Waals surface area contributed by atoms with Crippen molar-refractivity contribution >= 4 is 22.8 Å². The lowest BCUT2D eigenvalue weighted by molar-refractivity contribution is -0.142. The van der Waals surface area contributed by atoms with Crippen LogP contribution in [0.5, 0.6) is 0 Å². The van der Waals surface area contributed by atoms with Gasteiger partial charge in [0.1, 0.15) is 6.04 Å². The Bertz CT molecular complexity index is 1320. The lowest BCUT2D eigenvalue weighted by Gasteiger charge is -2.27. The predicted octanol–water partition coefficient (Wildman–Crippen LogP) is 4.06. The van der Waals surface area contributed by atoms with E-state index in [2.05, 4.69) is 32.2 Å². The van der Waals surface area contributed by atoms with Crippen molar-refractivity contribution in [3.05, 3.63) is 53.2 Å². The molecule has 1 aromatic carbocycles. The Labute approximate surface area is 204 Å². The summed E-state index contributed by atoms with van der Waals surface area (Å²) in [5.74, 6) is 6.00. The van der Waals surface area contributed by atoms with Gasteiger partial charge in [-0.3, -0.25) is 14.3 Å². The molecule has 1 amide bonds. The van der Waals surface area contributed by atoms with Gasteiger partial charge in [-0.15, -0.1) is 5.92 Å². The van der Waals surface area contributed by atoms with Crippen LogP contribution in [0.25, 0.3) is 10.9 Å². The second-order valence-corrected chi connectivity index (χ2v) is 9.57. The van der Waals surface area contributed by atoms with Gasteiger partial charge in [-0.25, -0.2) is 9.97 Å². The maximum absolute atomic E-state index is 13.4. The monoisotopic (exact) mass is 471 g/mol. The molecular formula is C27H29N5O3. The summed E-state index contributed by atoms with van der Waals surface area (Å²) in [4.78, 5) is 33.9. The number of nitrogens with one attached hydrogen (secondary N) is 1. The molecule has 0 saturated heterocycles. The van der Waals surface area contributed by atoms with E-state index in [0.29, 0.717) is 48.5 Å². The average Bonchev–Trinajstić information content (AvgIpc) is 3.62. The van der Waals surface area contributed by atoms with Crippen LogP contribution in [0.4, 0.5) is 0 Å². The van der Waals surface area contributed by atoms with E-state index in [4.69, 9.17) is 0 Å². The zero-order chi connectivity index (χ0) is 24.5. The highest BCUT2D eigenvalue weighted by molar-refractivity contribution is 6.07. The number of aliphatic carboxylic acids is 1. The molecule has 2 aliphatic carbocycles. The molecule has 2 heterocycles. The molecule has 0 radical (unpaired) electrons. The van der Waals surface area contributed by atoms with Crippen molar-refractivity contribution in [3.63, 3.8) is 0 Å². The zero-order valence-corrected chi connectivity index (χ0v) is 20.0. The van der Waals surface area contributed by atoms with E-state index in [1.165, 1.54) is 18.4 Å². The fourth-order valence-electron chi connectivity index (χ4n) is 4.93. The first-order chi connectivity index (χ1) is 17.0. The Morgan fingerprint density at radius 2 is 1.80 bits per heavy atom. The SMILES string of the molecule is CC#Cc1ccc(C(=O)NC2CCC(C(=O)O)CC2)c2c1cnn2[C@H](C)c1ncc(C2CC2)cn1. The Kier molecular flexibility index (Phi) is 6.25. The quantitative estimate of drug-likeness (QED) is 0.525. The highest BCUT2D eigenvalue weighted by atomic mass is 16.4. The minimum atomic E-state index is -0.755. The van der Waals surface area contributed by atoms with Gasteiger partial charge in [-0.1, -0.05) is 5.92 Å². The fourth-order valence-corrected chi connectivity index (χ4v) is 4.93. The van der Waals surface area contributed by atoms with Crippen molar-refractivity contribution in [2.24, 2.45) is 5.92 Å². The molecule has 3 aromatic rings. The normalized spacial score (nSPS) is 20.6. The largest absolute Gasteiger partial charge is 0.481 e. The summed E-state index contributed by atoms with van der Waals surface area (Å²) in [5.41, 5.74) is 3.19. The van der Waals surface area contributed by atoms with E-state index in [-0.39, 0.29) is 23.9 Å². The standard InChI is InChI=1S/C27H29N5O3/c1-3-4-18-9-12-22(26(33)31-21-10-7-19(8-11-21)27(34)35)24-23(18)15-30-32(24)16(2)25-28-13-20(14-29-25)17-5-6-17/h9,12-17,19,21H,5-8,10-11H2,1-2H3,(H,31,33)(H,34,35)/t16-,19?,21?/m1/s1. The molecule has 0 bridgehead atoms. The summed E-state index contributed by atoms with van der Waals surface area (Å²) in [6.45, 7) is 3.76. The molecular weight excluding hydrogens is 442 g/mol. The van der Waals surface area contributed by atoms with Crippen LogP contribution in [0.1, 0.15) is 91.6 Å². The minimum absolute atomic E-state index is 0.0460. The van der Waals surface area contributed by atoms with Gasteiger partial charge < -0.3 is 10.4 Å². The number of fused-ring (bicyclic) bond motifs is 1. The highest BCUT2D eigenvalue weighted by Gasteiger charge is 2.29. The van der Waals surface area contributed by atoms with Crippen molar-refractivity contribution in [2.45, 2.75) is 70.4 Å². The number of benzene rings is 1.